The molecule has 2 rings (SSSR count). The van der Waals surface area contributed by atoms with E-state index in [1.54, 1.807) is 27.7 Å². The number of hydrogen-bond acceptors (Lipinski definition) is 2. The normalized spacial score (nSPS) is 20.9. The highest BCUT2D eigenvalue weighted by Crippen LogP contribution is 2.36. The maximum atomic E-state index is 13.8. The summed E-state index contributed by atoms with van der Waals surface area (Å²) in [4.78, 5) is 0. The predicted molar refractivity (Wildman–Crippen MR) is 66.8 cm³/mol. The fourth-order valence-corrected chi connectivity index (χ4v) is 1.90. The Morgan fingerprint density at radius 2 is 1.37 bits per heavy atom. The molecular formula is C13H16BF3O2. The molecule has 0 atom stereocenters. The Hall–Kier alpha value is -1.01. The van der Waals surface area contributed by atoms with Crippen molar-refractivity contribution in [2.24, 2.45) is 0 Å². The summed E-state index contributed by atoms with van der Waals surface area (Å²) in [6, 6.07) is 1.22. The van der Waals surface area contributed by atoms with Gasteiger partial charge in [-0.2, -0.15) is 0 Å². The van der Waals surface area contributed by atoms with E-state index < -0.39 is 35.8 Å². The van der Waals surface area contributed by atoms with Crippen LogP contribution in [-0.2, 0) is 9.31 Å². The number of rotatable bonds is 1. The third kappa shape index (κ3) is 2.17. The van der Waals surface area contributed by atoms with Crippen LogP contribution in [0.25, 0.3) is 0 Å². The van der Waals surface area contributed by atoms with Crippen molar-refractivity contribution in [3.05, 3.63) is 29.1 Å². The summed E-state index contributed by atoms with van der Waals surface area (Å²) in [5.41, 5.74) is -1.43. The second-order valence-electron chi connectivity index (χ2n) is 5.81. The molecule has 1 heterocycles. The summed E-state index contributed by atoms with van der Waals surface area (Å²) >= 11 is 0. The molecule has 0 radical (unpaired) electrons. The van der Waals surface area contributed by atoms with Crippen molar-refractivity contribution in [2.45, 2.75) is 45.8 Å². The lowest BCUT2D eigenvalue weighted by molar-refractivity contribution is 0.00578. The minimum atomic E-state index is -1.50. The zero-order chi connectivity index (χ0) is 14.6. The van der Waals surface area contributed by atoms with Crippen LogP contribution in [0.15, 0.2) is 6.07 Å². The lowest BCUT2D eigenvalue weighted by Crippen LogP contribution is -2.41. The van der Waals surface area contributed by atoms with Gasteiger partial charge in [0.15, 0.2) is 17.5 Å². The maximum absolute atomic E-state index is 13.8. The molecule has 0 aromatic heterocycles. The SMILES string of the molecule is Cc1cc(B2OC(C)(C)C(C)(C)O2)c(F)c(F)c1F. The van der Waals surface area contributed by atoms with Crippen molar-refractivity contribution in [1.82, 2.24) is 0 Å². The molecule has 104 valence electrons. The Morgan fingerprint density at radius 1 is 0.895 bits per heavy atom. The molecule has 0 unspecified atom stereocenters. The molecule has 0 amide bonds. The van der Waals surface area contributed by atoms with Gasteiger partial charge in [-0.3, -0.25) is 0 Å². The lowest BCUT2D eigenvalue weighted by Gasteiger charge is -2.32. The summed E-state index contributed by atoms with van der Waals surface area (Å²) in [7, 11) is -1.04. The molecule has 0 bridgehead atoms. The molecule has 0 aliphatic carbocycles. The van der Waals surface area contributed by atoms with Gasteiger partial charge in [0.1, 0.15) is 0 Å². The van der Waals surface area contributed by atoms with Gasteiger partial charge in [0.05, 0.1) is 11.2 Å². The van der Waals surface area contributed by atoms with Crippen molar-refractivity contribution >= 4 is 12.6 Å². The molecule has 1 aromatic rings. The first-order valence-electron chi connectivity index (χ1n) is 6.06. The molecule has 6 heteroatoms. The van der Waals surface area contributed by atoms with Crippen LogP contribution >= 0.6 is 0 Å². The third-order valence-electron chi connectivity index (χ3n) is 3.86. The van der Waals surface area contributed by atoms with Crippen LogP contribution < -0.4 is 5.46 Å². The van der Waals surface area contributed by atoms with Crippen molar-refractivity contribution in [1.29, 1.82) is 0 Å². The van der Waals surface area contributed by atoms with E-state index in [-0.39, 0.29) is 11.0 Å². The quantitative estimate of drug-likeness (QED) is 0.578. The number of aryl methyl sites for hydroxylation is 1. The van der Waals surface area contributed by atoms with E-state index in [1.165, 1.54) is 13.0 Å². The number of hydrogen-bond donors (Lipinski definition) is 0. The van der Waals surface area contributed by atoms with Crippen molar-refractivity contribution < 1.29 is 22.5 Å². The van der Waals surface area contributed by atoms with E-state index in [0.717, 1.165) is 0 Å². The number of benzene rings is 1. The van der Waals surface area contributed by atoms with Gasteiger partial charge in [0.25, 0.3) is 0 Å². The van der Waals surface area contributed by atoms with Gasteiger partial charge in [0.2, 0.25) is 0 Å². The van der Waals surface area contributed by atoms with Crippen LogP contribution in [0.3, 0.4) is 0 Å². The maximum Gasteiger partial charge on any atom is 0.497 e. The van der Waals surface area contributed by atoms with Gasteiger partial charge in [-0.25, -0.2) is 13.2 Å². The van der Waals surface area contributed by atoms with Crippen LogP contribution in [0.2, 0.25) is 0 Å². The Kier molecular flexibility index (Phi) is 3.22. The second kappa shape index (κ2) is 4.25. The van der Waals surface area contributed by atoms with Crippen molar-refractivity contribution in [3.8, 4) is 0 Å². The highest BCUT2D eigenvalue weighted by atomic mass is 19.2. The zero-order valence-corrected chi connectivity index (χ0v) is 11.6. The van der Waals surface area contributed by atoms with Crippen LogP contribution in [0.5, 0.6) is 0 Å². The first-order valence-corrected chi connectivity index (χ1v) is 6.06. The molecule has 1 aliphatic heterocycles. The summed E-state index contributed by atoms with van der Waals surface area (Å²) in [6.07, 6.45) is 0. The van der Waals surface area contributed by atoms with Crippen LogP contribution in [-0.4, -0.2) is 18.3 Å². The van der Waals surface area contributed by atoms with Gasteiger partial charge in [-0.15, -0.1) is 0 Å². The van der Waals surface area contributed by atoms with Crippen molar-refractivity contribution in [3.63, 3.8) is 0 Å². The molecule has 1 aromatic carbocycles. The Bertz CT molecular complexity index is 513. The Labute approximate surface area is 111 Å². The monoisotopic (exact) mass is 272 g/mol. The zero-order valence-electron chi connectivity index (χ0n) is 11.6. The average Bonchev–Trinajstić information content (AvgIpc) is 2.50. The molecule has 1 fully saturated rings. The molecule has 1 saturated heterocycles. The van der Waals surface area contributed by atoms with E-state index in [9.17, 15) is 13.2 Å². The molecule has 0 spiro atoms. The van der Waals surface area contributed by atoms with Gasteiger partial charge >= 0.3 is 7.12 Å². The van der Waals surface area contributed by atoms with Crippen LogP contribution in [0, 0.1) is 24.4 Å². The minimum Gasteiger partial charge on any atom is -0.399 e. The fourth-order valence-electron chi connectivity index (χ4n) is 1.90. The average molecular weight is 272 g/mol. The van der Waals surface area contributed by atoms with E-state index in [0.29, 0.717) is 0 Å². The third-order valence-corrected chi connectivity index (χ3v) is 3.86. The molecule has 2 nitrogen and oxygen atoms in total. The molecule has 19 heavy (non-hydrogen) atoms. The van der Waals surface area contributed by atoms with Gasteiger partial charge in [-0.05, 0) is 40.2 Å². The smallest absolute Gasteiger partial charge is 0.399 e. The number of halogens is 3. The minimum absolute atomic E-state index is 0.0172. The molecule has 1 aliphatic rings. The topological polar surface area (TPSA) is 18.5 Å². The van der Waals surface area contributed by atoms with Crippen molar-refractivity contribution in [2.75, 3.05) is 0 Å². The first kappa shape index (κ1) is 14.4. The predicted octanol–water partition coefficient (Wildman–Crippen LogP) is 2.71. The Balaban J connectivity index is 2.46. The Morgan fingerprint density at radius 3 is 1.84 bits per heavy atom. The van der Waals surface area contributed by atoms with E-state index in [1.807, 2.05) is 0 Å². The first-order chi connectivity index (χ1) is 8.57. The standard InChI is InChI=1S/C13H16BF3O2/c1-7-6-8(10(16)11(17)9(7)15)14-18-12(2,3)13(4,5)19-14/h6H,1-5H3. The summed E-state index contributed by atoms with van der Waals surface area (Å²) in [5, 5.41) is 0. The summed E-state index contributed by atoms with van der Waals surface area (Å²) < 4.78 is 51.8. The largest absolute Gasteiger partial charge is 0.497 e. The van der Waals surface area contributed by atoms with E-state index >= 15 is 0 Å². The molecule has 0 N–H and O–H groups in total. The second-order valence-corrected chi connectivity index (χ2v) is 5.81. The fraction of sp³-hybridized carbons (Fsp3) is 0.538. The van der Waals surface area contributed by atoms with Crippen LogP contribution in [0.1, 0.15) is 33.3 Å². The molecular weight excluding hydrogens is 256 g/mol. The summed E-state index contributed by atoms with van der Waals surface area (Å²) in [6.45, 7) is 8.58. The van der Waals surface area contributed by atoms with Crippen LogP contribution in [0.4, 0.5) is 13.2 Å². The summed E-state index contributed by atoms with van der Waals surface area (Å²) in [5.74, 6) is -3.94. The van der Waals surface area contributed by atoms with Gasteiger partial charge in [-0.1, -0.05) is 6.07 Å². The molecule has 0 saturated carbocycles. The highest BCUT2D eigenvalue weighted by molar-refractivity contribution is 6.62. The van der Waals surface area contributed by atoms with Gasteiger partial charge in [0, 0.05) is 5.46 Å². The van der Waals surface area contributed by atoms with Gasteiger partial charge < -0.3 is 9.31 Å². The lowest BCUT2D eigenvalue weighted by atomic mass is 9.77. The van der Waals surface area contributed by atoms with E-state index in [4.69, 9.17) is 9.31 Å². The van der Waals surface area contributed by atoms with E-state index in [2.05, 4.69) is 0 Å². The highest BCUT2D eigenvalue weighted by Gasteiger charge is 2.52.